The molecule has 1 aliphatic heterocycles. The third-order valence-corrected chi connectivity index (χ3v) is 5.91. The van der Waals surface area contributed by atoms with E-state index in [0.717, 1.165) is 56.7 Å². The fourth-order valence-corrected chi connectivity index (χ4v) is 4.41. The summed E-state index contributed by atoms with van der Waals surface area (Å²) in [7, 11) is 0. The van der Waals surface area contributed by atoms with Crippen molar-refractivity contribution in [3.05, 3.63) is 53.4 Å². The van der Waals surface area contributed by atoms with Crippen LogP contribution in [0.3, 0.4) is 0 Å². The maximum Gasteiger partial charge on any atom is 0.150 e. The van der Waals surface area contributed by atoms with E-state index in [9.17, 15) is 4.39 Å². The molecule has 0 spiro atoms. The first-order chi connectivity index (χ1) is 12.8. The molecular formula is C20H23FN4S. The normalized spacial score (nSPS) is 15.7. The van der Waals surface area contributed by atoms with E-state index >= 15 is 0 Å². The van der Waals surface area contributed by atoms with Crippen molar-refractivity contribution in [1.82, 2.24) is 15.3 Å². The topological polar surface area (TPSA) is 41.0 Å². The quantitative estimate of drug-likeness (QED) is 0.666. The van der Waals surface area contributed by atoms with Crippen molar-refractivity contribution < 1.29 is 4.39 Å². The number of piperidine rings is 1. The highest BCUT2D eigenvalue weighted by molar-refractivity contribution is 7.17. The second-order valence-corrected chi connectivity index (χ2v) is 7.69. The molecule has 1 saturated heterocycles. The smallest absolute Gasteiger partial charge is 0.150 e. The van der Waals surface area contributed by atoms with Gasteiger partial charge in [0.1, 0.15) is 18.0 Å². The molecule has 3 heterocycles. The molecule has 1 aromatic carbocycles. The molecule has 1 fully saturated rings. The van der Waals surface area contributed by atoms with Crippen LogP contribution in [0.4, 0.5) is 10.2 Å². The van der Waals surface area contributed by atoms with Gasteiger partial charge in [-0.2, -0.15) is 0 Å². The molecule has 3 aromatic rings. The van der Waals surface area contributed by atoms with Gasteiger partial charge in [-0.15, -0.1) is 11.3 Å². The average Bonchev–Trinajstić information content (AvgIpc) is 3.16. The van der Waals surface area contributed by atoms with E-state index in [0.29, 0.717) is 6.04 Å². The first-order valence-corrected chi connectivity index (χ1v) is 10.1. The molecule has 0 radical (unpaired) electrons. The second-order valence-electron chi connectivity index (χ2n) is 6.78. The predicted octanol–water partition coefficient (Wildman–Crippen LogP) is 4.02. The van der Waals surface area contributed by atoms with E-state index in [-0.39, 0.29) is 5.82 Å². The molecule has 0 atom stereocenters. The van der Waals surface area contributed by atoms with Crippen molar-refractivity contribution in [3.63, 3.8) is 0 Å². The van der Waals surface area contributed by atoms with E-state index in [1.165, 1.54) is 22.4 Å². The van der Waals surface area contributed by atoms with Crippen molar-refractivity contribution in [2.45, 2.75) is 31.7 Å². The number of aryl methyl sites for hydroxylation is 1. The minimum absolute atomic E-state index is 0.165. The Kier molecular flexibility index (Phi) is 5.41. The lowest BCUT2D eigenvalue weighted by Gasteiger charge is -2.33. The molecule has 0 bridgehead atoms. The van der Waals surface area contributed by atoms with Crippen molar-refractivity contribution in [3.8, 4) is 0 Å². The number of nitrogens with zero attached hydrogens (tertiary/aromatic N) is 3. The molecule has 136 valence electrons. The number of hydrogen-bond donors (Lipinski definition) is 1. The van der Waals surface area contributed by atoms with Gasteiger partial charge in [-0.05, 0) is 61.4 Å². The highest BCUT2D eigenvalue weighted by Crippen LogP contribution is 2.29. The summed E-state index contributed by atoms with van der Waals surface area (Å²) in [5.74, 6) is 0.918. The summed E-state index contributed by atoms with van der Waals surface area (Å²) >= 11 is 1.72. The van der Waals surface area contributed by atoms with Crippen LogP contribution in [0.5, 0.6) is 0 Å². The third-order valence-electron chi connectivity index (χ3n) is 5.01. The number of benzene rings is 1. The summed E-state index contributed by atoms with van der Waals surface area (Å²) < 4.78 is 14.1. The van der Waals surface area contributed by atoms with E-state index in [4.69, 9.17) is 0 Å². The monoisotopic (exact) mass is 370 g/mol. The summed E-state index contributed by atoms with van der Waals surface area (Å²) in [5, 5.41) is 5.76. The fourth-order valence-electron chi connectivity index (χ4n) is 3.55. The third kappa shape index (κ3) is 4.02. The van der Waals surface area contributed by atoms with Gasteiger partial charge in [0.25, 0.3) is 0 Å². The van der Waals surface area contributed by atoms with Crippen LogP contribution in [0.2, 0.25) is 0 Å². The molecule has 0 aliphatic carbocycles. The largest absolute Gasteiger partial charge is 0.355 e. The zero-order valence-electron chi connectivity index (χ0n) is 14.7. The van der Waals surface area contributed by atoms with Gasteiger partial charge in [-0.3, -0.25) is 0 Å². The Balaban J connectivity index is 1.22. The molecule has 4 rings (SSSR count). The first-order valence-electron chi connectivity index (χ1n) is 9.20. The van der Waals surface area contributed by atoms with Crippen LogP contribution in [0.15, 0.2) is 42.0 Å². The van der Waals surface area contributed by atoms with Crippen molar-refractivity contribution in [2.24, 2.45) is 0 Å². The van der Waals surface area contributed by atoms with E-state index in [1.807, 2.05) is 12.1 Å². The molecule has 0 amide bonds. The lowest BCUT2D eigenvalue weighted by molar-refractivity contribution is 0.412. The van der Waals surface area contributed by atoms with Crippen LogP contribution in [0, 0.1) is 5.82 Å². The highest BCUT2D eigenvalue weighted by Gasteiger charge is 2.21. The summed E-state index contributed by atoms with van der Waals surface area (Å²) in [6.07, 6.45) is 6.00. The van der Waals surface area contributed by atoms with Crippen LogP contribution in [0.25, 0.3) is 10.2 Å². The zero-order valence-corrected chi connectivity index (χ0v) is 15.5. The van der Waals surface area contributed by atoms with Crippen molar-refractivity contribution in [2.75, 3.05) is 24.5 Å². The van der Waals surface area contributed by atoms with Crippen molar-refractivity contribution in [1.29, 1.82) is 0 Å². The minimum Gasteiger partial charge on any atom is -0.355 e. The Morgan fingerprint density at radius 2 is 1.92 bits per heavy atom. The number of aromatic nitrogens is 2. The number of hydrogen-bond acceptors (Lipinski definition) is 5. The summed E-state index contributed by atoms with van der Waals surface area (Å²) in [6.45, 7) is 3.06. The lowest BCUT2D eigenvalue weighted by Crippen LogP contribution is -2.43. The second kappa shape index (κ2) is 8.10. The molecular weight excluding hydrogens is 347 g/mol. The van der Waals surface area contributed by atoms with Crippen LogP contribution >= 0.6 is 11.3 Å². The summed E-state index contributed by atoms with van der Waals surface area (Å²) in [5.41, 5.74) is 2.24. The molecule has 4 nitrogen and oxygen atoms in total. The fraction of sp³-hybridized carbons (Fsp3) is 0.400. The Morgan fingerprint density at radius 3 is 2.73 bits per heavy atom. The van der Waals surface area contributed by atoms with Gasteiger partial charge in [-0.25, -0.2) is 14.4 Å². The predicted molar refractivity (Wildman–Crippen MR) is 105 cm³/mol. The Hall–Kier alpha value is -2.05. The zero-order chi connectivity index (χ0) is 17.8. The van der Waals surface area contributed by atoms with Gasteiger partial charge in [0.2, 0.25) is 0 Å². The van der Waals surface area contributed by atoms with E-state index < -0.39 is 0 Å². The number of thiophene rings is 1. The SMILES string of the molecule is Fc1ccc(CCCNC2CCN(c3ncnc4ccsc34)CC2)cc1. The molecule has 1 N–H and O–H groups in total. The van der Waals surface area contributed by atoms with Crippen LogP contribution in [0.1, 0.15) is 24.8 Å². The van der Waals surface area contributed by atoms with E-state index in [1.54, 1.807) is 17.7 Å². The number of fused-ring (bicyclic) bond motifs is 1. The van der Waals surface area contributed by atoms with Gasteiger partial charge in [0.05, 0.1) is 10.2 Å². The van der Waals surface area contributed by atoms with E-state index in [2.05, 4.69) is 31.6 Å². The van der Waals surface area contributed by atoms with Gasteiger partial charge in [0, 0.05) is 19.1 Å². The first kappa shape index (κ1) is 17.4. The number of nitrogens with one attached hydrogen (secondary N) is 1. The van der Waals surface area contributed by atoms with Crippen LogP contribution < -0.4 is 10.2 Å². The summed E-state index contributed by atoms with van der Waals surface area (Å²) in [6, 6.07) is 9.45. The number of rotatable bonds is 6. The van der Waals surface area contributed by atoms with Gasteiger partial charge in [-0.1, -0.05) is 12.1 Å². The van der Waals surface area contributed by atoms with Crippen molar-refractivity contribution >= 4 is 27.4 Å². The minimum atomic E-state index is -0.165. The van der Waals surface area contributed by atoms with Gasteiger partial charge in [0.15, 0.2) is 0 Å². The Labute approximate surface area is 157 Å². The van der Waals surface area contributed by atoms with Gasteiger partial charge >= 0.3 is 0 Å². The van der Waals surface area contributed by atoms with Gasteiger partial charge < -0.3 is 10.2 Å². The number of anilines is 1. The Morgan fingerprint density at radius 1 is 1.12 bits per heavy atom. The van der Waals surface area contributed by atoms with Crippen LogP contribution in [-0.2, 0) is 6.42 Å². The highest BCUT2D eigenvalue weighted by atomic mass is 32.1. The molecule has 0 unspecified atom stereocenters. The van der Waals surface area contributed by atoms with Crippen LogP contribution in [-0.4, -0.2) is 35.6 Å². The number of halogens is 1. The lowest BCUT2D eigenvalue weighted by atomic mass is 10.0. The standard InChI is InChI=1S/C20H23FN4S/c21-16-5-3-15(4-6-16)2-1-10-22-17-7-11-25(12-8-17)20-19-18(9-13-26-19)23-14-24-20/h3-6,9,13-14,17,22H,1-2,7-8,10-12H2. The molecule has 2 aromatic heterocycles. The molecule has 0 saturated carbocycles. The molecule has 26 heavy (non-hydrogen) atoms. The maximum atomic E-state index is 12.9. The summed E-state index contributed by atoms with van der Waals surface area (Å²) in [4.78, 5) is 11.2. The maximum absolute atomic E-state index is 12.9. The Bertz CT molecular complexity index is 840. The molecule has 6 heteroatoms. The molecule has 1 aliphatic rings. The average molecular weight is 370 g/mol.